The maximum absolute atomic E-state index is 5.39. The average Bonchev–Trinajstić information content (AvgIpc) is 3.31. The van der Waals surface area contributed by atoms with Gasteiger partial charge in [-0.05, 0) is 48.2 Å². The number of aromatic nitrogens is 2. The van der Waals surface area contributed by atoms with Gasteiger partial charge >= 0.3 is 0 Å². The molecule has 0 aliphatic rings. The molecule has 0 unspecified atom stereocenters. The summed E-state index contributed by atoms with van der Waals surface area (Å²) in [5.74, 6) is 2.29. The Balaban J connectivity index is 0.00000363. The molecule has 0 amide bonds. The Labute approximate surface area is 207 Å². The number of ether oxygens (including phenoxy) is 2. The second-order valence-electron chi connectivity index (χ2n) is 7.03. The number of nitrogens with zero attached hydrogens (tertiary/aromatic N) is 3. The van der Waals surface area contributed by atoms with Crippen molar-refractivity contribution in [1.29, 1.82) is 0 Å². The Morgan fingerprint density at radius 3 is 2.47 bits per heavy atom. The molecule has 0 fully saturated rings. The van der Waals surface area contributed by atoms with Gasteiger partial charge in [-0.15, -0.1) is 24.0 Å². The van der Waals surface area contributed by atoms with Gasteiger partial charge in [0.1, 0.15) is 0 Å². The Hall–Kier alpha value is -2.75. The second-order valence-corrected chi connectivity index (χ2v) is 7.03. The third-order valence-electron chi connectivity index (χ3n) is 4.92. The normalized spacial score (nSPS) is 10.9. The lowest BCUT2D eigenvalue weighted by atomic mass is 10.1. The van der Waals surface area contributed by atoms with Crippen LogP contribution in [0.2, 0.25) is 0 Å². The van der Waals surface area contributed by atoms with Crippen LogP contribution in [0.5, 0.6) is 11.5 Å². The van der Waals surface area contributed by atoms with E-state index in [0.717, 1.165) is 43.5 Å². The zero-order chi connectivity index (χ0) is 21.9. The van der Waals surface area contributed by atoms with Gasteiger partial charge in [0.25, 0.3) is 0 Å². The van der Waals surface area contributed by atoms with Crippen LogP contribution in [0.3, 0.4) is 0 Å². The van der Waals surface area contributed by atoms with E-state index in [2.05, 4.69) is 53.0 Å². The van der Waals surface area contributed by atoms with Crippen LogP contribution in [-0.2, 0) is 19.5 Å². The molecule has 0 aliphatic heterocycles. The molecule has 0 spiro atoms. The highest BCUT2D eigenvalue weighted by molar-refractivity contribution is 14.0. The Morgan fingerprint density at radius 2 is 1.78 bits per heavy atom. The number of guanidine groups is 1. The van der Waals surface area contributed by atoms with E-state index in [9.17, 15) is 0 Å². The highest BCUT2D eigenvalue weighted by Crippen LogP contribution is 2.27. The summed E-state index contributed by atoms with van der Waals surface area (Å²) < 4.78 is 12.6. The van der Waals surface area contributed by atoms with Crippen molar-refractivity contribution in [2.45, 2.75) is 26.4 Å². The van der Waals surface area contributed by atoms with Gasteiger partial charge in [-0.2, -0.15) is 5.10 Å². The van der Waals surface area contributed by atoms with Crippen LogP contribution < -0.4 is 20.1 Å². The first-order valence-corrected chi connectivity index (χ1v) is 10.5. The second kappa shape index (κ2) is 13.6. The quantitative estimate of drug-likeness (QED) is 0.228. The molecule has 0 atom stereocenters. The summed E-state index contributed by atoms with van der Waals surface area (Å²) >= 11 is 0. The van der Waals surface area contributed by atoms with E-state index in [1.54, 1.807) is 20.4 Å². The largest absolute Gasteiger partial charge is 0.493 e. The zero-order valence-electron chi connectivity index (χ0n) is 18.9. The molecule has 0 saturated heterocycles. The van der Waals surface area contributed by atoms with Gasteiger partial charge in [0, 0.05) is 25.5 Å². The van der Waals surface area contributed by atoms with Gasteiger partial charge in [-0.1, -0.05) is 30.3 Å². The third kappa shape index (κ3) is 7.44. The topological polar surface area (TPSA) is 72.7 Å². The molecule has 0 bridgehead atoms. The minimum Gasteiger partial charge on any atom is -0.493 e. The summed E-state index contributed by atoms with van der Waals surface area (Å²) in [6.45, 7) is 4.97. The highest BCUT2D eigenvalue weighted by atomic mass is 127. The number of halogens is 1. The van der Waals surface area contributed by atoms with Crippen molar-refractivity contribution < 1.29 is 9.47 Å². The first kappa shape index (κ1) is 25.5. The van der Waals surface area contributed by atoms with E-state index in [0.29, 0.717) is 6.54 Å². The third-order valence-corrected chi connectivity index (χ3v) is 4.92. The molecular formula is C24H32IN5O2. The molecule has 32 heavy (non-hydrogen) atoms. The smallest absolute Gasteiger partial charge is 0.191 e. The first-order valence-electron chi connectivity index (χ1n) is 10.5. The van der Waals surface area contributed by atoms with Crippen molar-refractivity contribution in [2.24, 2.45) is 4.99 Å². The van der Waals surface area contributed by atoms with E-state index < -0.39 is 0 Å². The number of rotatable bonds is 10. The van der Waals surface area contributed by atoms with Gasteiger partial charge in [0.15, 0.2) is 17.5 Å². The molecule has 1 heterocycles. The standard InChI is InChI=1S/C24H31N5O2.HI/c1-4-25-24(26-14-12-19-10-11-22(30-2)23(16-19)31-3)27-17-20-8-5-6-9-21(20)18-29-15-7-13-28-29;/h5-11,13,15-16H,4,12,14,17-18H2,1-3H3,(H2,25,26,27);1H. The summed E-state index contributed by atoms with van der Waals surface area (Å²) in [7, 11) is 3.30. The maximum Gasteiger partial charge on any atom is 0.191 e. The summed E-state index contributed by atoms with van der Waals surface area (Å²) in [5.41, 5.74) is 3.58. The fraction of sp³-hybridized carbons (Fsp3) is 0.333. The van der Waals surface area contributed by atoms with Gasteiger partial charge in [-0.3, -0.25) is 4.68 Å². The molecule has 1 aromatic heterocycles. The molecule has 3 aromatic rings. The van der Waals surface area contributed by atoms with Crippen LogP contribution in [0.4, 0.5) is 0 Å². The number of benzene rings is 2. The molecule has 0 aliphatic carbocycles. The zero-order valence-corrected chi connectivity index (χ0v) is 21.2. The van der Waals surface area contributed by atoms with E-state index in [1.165, 1.54) is 16.7 Å². The first-order chi connectivity index (χ1) is 15.2. The molecular weight excluding hydrogens is 517 g/mol. The average molecular weight is 549 g/mol. The van der Waals surface area contributed by atoms with Crippen molar-refractivity contribution in [2.75, 3.05) is 27.3 Å². The van der Waals surface area contributed by atoms with Gasteiger partial charge in [-0.25, -0.2) is 4.99 Å². The van der Waals surface area contributed by atoms with Gasteiger partial charge in [0.05, 0.1) is 27.3 Å². The van der Waals surface area contributed by atoms with Crippen molar-refractivity contribution in [3.05, 3.63) is 77.6 Å². The van der Waals surface area contributed by atoms with Crippen LogP contribution in [0.1, 0.15) is 23.6 Å². The Kier molecular flexibility index (Phi) is 10.9. The number of methoxy groups -OCH3 is 2. The van der Waals surface area contributed by atoms with Crippen molar-refractivity contribution >= 4 is 29.9 Å². The fourth-order valence-electron chi connectivity index (χ4n) is 3.30. The van der Waals surface area contributed by atoms with Crippen LogP contribution in [0.25, 0.3) is 0 Å². The number of nitrogens with one attached hydrogen (secondary N) is 2. The minimum atomic E-state index is 0. The van der Waals surface area contributed by atoms with Crippen molar-refractivity contribution in [3.8, 4) is 11.5 Å². The van der Waals surface area contributed by atoms with E-state index >= 15 is 0 Å². The molecule has 7 nitrogen and oxygen atoms in total. The van der Waals surface area contributed by atoms with Gasteiger partial charge < -0.3 is 20.1 Å². The molecule has 172 valence electrons. The molecule has 2 N–H and O–H groups in total. The van der Waals surface area contributed by atoms with Crippen molar-refractivity contribution in [3.63, 3.8) is 0 Å². The Morgan fingerprint density at radius 1 is 1.00 bits per heavy atom. The fourth-order valence-corrected chi connectivity index (χ4v) is 3.30. The highest BCUT2D eigenvalue weighted by Gasteiger charge is 2.06. The predicted molar refractivity (Wildman–Crippen MR) is 139 cm³/mol. The van der Waals surface area contributed by atoms with E-state index in [1.807, 2.05) is 29.1 Å². The summed E-state index contributed by atoms with van der Waals surface area (Å²) in [5, 5.41) is 11.1. The lowest BCUT2D eigenvalue weighted by Crippen LogP contribution is -2.38. The molecule has 0 radical (unpaired) electrons. The van der Waals surface area contributed by atoms with Crippen LogP contribution in [0.15, 0.2) is 65.9 Å². The summed E-state index contributed by atoms with van der Waals surface area (Å²) in [6.07, 6.45) is 4.62. The molecule has 2 aromatic carbocycles. The number of hydrogen-bond donors (Lipinski definition) is 2. The van der Waals surface area contributed by atoms with Crippen molar-refractivity contribution in [1.82, 2.24) is 20.4 Å². The lowest BCUT2D eigenvalue weighted by molar-refractivity contribution is 0.354. The van der Waals surface area contributed by atoms with E-state index in [4.69, 9.17) is 14.5 Å². The monoisotopic (exact) mass is 549 g/mol. The van der Waals surface area contributed by atoms with E-state index in [-0.39, 0.29) is 24.0 Å². The lowest BCUT2D eigenvalue weighted by Gasteiger charge is -2.13. The maximum atomic E-state index is 5.39. The van der Waals surface area contributed by atoms with Gasteiger partial charge in [0.2, 0.25) is 0 Å². The molecule has 0 saturated carbocycles. The summed E-state index contributed by atoms with van der Waals surface area (Å²) in [4.78, 5) is 4.79. The molecule has 3 rings (SSSR count). The minimum absolute atomic E-state index is 0. The number of aliphatic imine (C=N–C) groups is 1. The summed E-state index contributed by atoms with van der Waals surface area (Å²) in [6, 6.07) is 16.3. The van der Waals surface area contributed by atoms with Crippen LogP contribution >= 0.6 is 24.0 Å². The van der Waals surface area contributed by atoms with Crippen LogP contribution in [-0.4, -0.2) is 43.0 Å². The number of hydrogen-bond acceptors (Lipinski definition) is 4. The van der Waals surface area contributed by atoms with Crippen LogP contribution in [0, 0.1) is 0 Å². The SMILES string of the molecule is CCNC(=NCc1ccccc1Cn1cccn1)NCCc1ccc(OC)c(OC)c1.I. The predicted octanol–water partition coefficient (Wildman–Crippen LogP) is 3.86. The Bertz CT molecular complexity index is 976. The molecule has 8 heteroatoms.